The van der Waals surface area contributed by atoms with Crippen molar-refractivity contribution in [1.82, 2.24) is 0 Å². The first-order valence-corrected chi connectivity index (χ1v) is 10.3. The molecule has 1 heterocycles. The summed E-state index contributed by atoms with van der Waals surface area (Å²) >= 11 is 0. The Bertz CT molecular complexity index is 941. The zero-order chi connectivity index (χ0) is 22.8. The number of carbonyl (C=O) groups is 3. The Hall–Kier alpha value is -2.80. The minimum Gasteiger partial charge on any atom is -0.465 e. The van der Waals surface area contributed by atoms with Gasteiger partial charge in [0.15, 0.2) is 5.78 Å². The van der Waals surface area contributed by atoms with Crippen molar-refractivity contribution in [3.63, 3.8) is 0 Å². The summed E-state index contributed by atoms with van der Waals surface area (Å²) in [6.07, 6.45) is 1.05. The van der Waals surface area contributed by atoms with Crippen molar-refractivity contribution in [1.29, 1.82) is 0 Å². The Kier molecular flexibility index (Phi) is 6.74. The summed E-state index contributed by atoms with van der Waals surface area (Å²) in [7, 11) is 2.86. The fourth-order valence-electron chi connectivity index (χ4n) is 4.37. The summed E-state index contributed by atoms with van der Waals surface area (Å²) in [5, 5.41) is 0. The second-order valence-corrected chi connectivity index (χ2v) is 8.78. The maximum Gasteiger partial charge on any atom is 0.337 e. The highest BCUT2D eigenvalue weighted by molar-refractivity contribution is 6.09. The van der Waals surface area contributed by atoms with E-state index in [1.165, 1.54) is 14.2 Å². The van der Waals surface area contributed by atoms with Crippen LogP contribution in [0.3, 0.4) is 0 Å². The standard InChI is InChI=1S/C24H29NO6/c1-14-19(23(28)31-11-10-29-4)20(15-6-8-16(9-7-15)22(27)30-5)21-17(25-14)12-24(2,3)13-18(21)26/h6-9,19-20H,10-13H2,1-5H3/t19?,20-/m1/s1. The number of hydrogen-bond acceptors (Lipinski definition) is 7. The van der Waals surface area contributed by atoms with Gasteiger partial charge in [-0.05, 0) is 36.5 Å². The summed E-state index contributed by atoms with van der Waals surface area (Å²) in [5.41, 5.74) is 2.90. The van der Waals surface area contributed by atoms with Crippen molar-refractivity contribution >= 4 is 23.4 Å². The molecule has 1 aromatic carbocycles. The first-order valence-electron chi connectivity index (χ1n) is 10.3. The van der Waals surface area contributed by atoms with E-state index in [0.29, 0.717) is 29.7 Å². The number of Topliss-reactive ketones (excluding diaryl/α,β-unsaturated/α-hetero) is 1. The van der Waals surface area contributed by atoms with Gasteiger partial charge in [-0.15, -0.1) is 0 Å². The molecule has 3 rings (SSSR count). The molecule has 0 aromatic heterocycles. The van der Waals surface area contributed by atoms with Crippen LogP contribution in [-0.4, -0.2) is 50.9 Å². The Labute approximate surface area is 182 Å². The van der Waals surface area contributed by atoms with Crippen molar-refractivity contribution in [2.75, 3.05) is 27.4 Å². The number of benzene rings is 1. The fraction of sp³-hybridized carbons (Fsp3) is 0.500. The Morgan fingerprint density at radius 2 is 1.77 bits per heavy atom. The molecule has 7 heteroatoms. The van der Waals surface area contributed by atoms with Gasteiger partial charge in [-0.1, -0.05) is 26.0 Å². The molecule has 0 N–H and O–H groups in total. The molecule has 0 amide bonds. The van der Waals surface area contributed by atoms with Gasteiger partial charge in [-0.3, -0.25) is 14.6 Å². The molecule has 7 nitrogen and oxygen atoms in total. The lowest BCUT2D eigenvalue weighted by Gasteiger charge is -2.39. The summed E-state index contributed by atoms with van der Waals surface area (Å²) in [5.74, 6) is -2.12. The molecule has 0 saturated carbocycles. The quantitative estimate of drug-likeness (QED) is 0.510. The molecule has 0 spiro atoms. The zero-order valence-electron chi connectivity index (χ0n) is 18.7. The van der Waals surface area contributed by atoms with Crippen LogP contribution >= 0.6 is 0 Å². The molecule has 1 aromatic rings. The number of ether oxygens (including phenoxy) is 3. The summed E-state index contributed by atoms with van der Waals surface area (Å²) < 4.78 is 15.2. The number of methoxy groups -OCH3 is 2. The molecule has 2 atom stereocenters. The highest BCUT2D eigenvalue weighted by Crippen LogP contribution is 2.47. The maximum atomic E-state index is 13.2. The SMILES string of the molecule is COCCOC(=O)C1C(C)=NC2=C(C(=O)CC(C)(C)C2)[C@@H]1c1ccc(C(=O)OC)cc1. The van der Waals surface area contributed by atoms with Gasteiger partial charge >= 0.3 is 11.9 Å². The highest BCUT2D eigenvalue weighted by Gasteiger charge is 2.46. The molecule has 1 unspecified atom stereocenters. The van der Waals surface area contributed by atoms with Crippen LogP contribution in [0, 0.1) is 11.3 Å². The largest absolute Gasteiger partial charge is 0.465 e. The Morgan fingerprint density at radius 1 is 1.10 bits per heavy atom. The van der Waals surface area contributed by atoms with E-state index in [1.807, 2.05) is 13.8 Å². The van der Waals surface area contributed by atoms with E-state index in [0.717, 1.165) is 11.3 Å². The molecule has 0 bridgehead atoms. The van der Waals surface area contributed by atoms with E-state index in [9.17, 15) is 14.4 Å². The highest BCUT2D eigenvalue weighted by atomic mass is 16.6. The zero-order valence-corrected chi connectivity index (χ0v) is 18.7. The first kappa shape index (κ1) is 22.9. The summed E-state index contributed by atoms with van der Waals surface area (Å²) in [6, 6.07) is 6.82. The van der Waals surface area contributed by atoms with Crippen molar-refractivity contribution in [2.24, 2.45) is 16.3 Å². The predicted octanol–water partition coefficient (Wildman–Crippen LogP) is 3.48. The number of esters is 2. The number of ketones is 1. The van der Waals surface area contributed by atoms with Gasteiger partial charge in [0, 0.05) is 36.4 Å². The van der Waals surface area contributed by atoms with Crippen LogP contribution < -0.4 is 0 Å². The molecule has 2 aliphatic rings. The third kappa shape index (κ3) is 4.77. The molecular weight excluding hydrogens is 398 g/mol. The lowest BCUT2D eigenvalue weighted by Crippen LogP contribution is -2.39. The molecule has 0 saturated heterocycles. The molecule has 0 fully saturated rings. The van der Waals surface area contributed by atoms with Crippen LogP contribution in [-0.2, 0) is 23.8 Å². The van der Waals surface area contributed by atoms with Gasteiger partial charge in [0.05, 0.1) is 19.3 Å². The molecule has 0 radical (unpaired) electrons. The second-order valence-electron chi connectivity index (χ2n) is 8.78. The normalized spacial score (nSPS) is 22.5. The van der Waals surface area contributed by atoms with Crippen LogP contribution in [0.4, 0.5) is 0 Å². The van der Waals surface area contributed by atoms with E-state index in [-0.39, 0.29) is 24.4 Å². The van der Waals surface area contributed by atoms with Gasteiger partial charge in [-0.25, -0.2) is 4.79 Å². The third-order valence-corrected chi connectivity index (χ3v) is 5.78. The Morgan fingerprint density at radius 3 is 2.39 bits per heavy atom. The smallest absolute Gasteiger partial charge is 0.337 e. The van der Waals surface area contributed by atoms with Crippen molar-refractivity contribution in [3.05, 3.63) is 46.7 Å². The van der Waals surface area contributed by atoms with Crippen molar-refractivity contribution in [3.8, 4) is 0 Å². The van der Waals surface area contributed by atoms with E-state index in [4.69, 9.17) is 14.2 Å². The minimum absolute atomic E-state index is 0.000707. The van der Waals surface area contributed by atoms with Gasteiger partial charge < -0.3 is 14.2 Å². The van der Waals surface area contributed by atoms with E-state index in [1.54, 1.807) is 31.2 Å². The average Bonchev–Trinajstić information content (AvgIpc) is 2.71. The van der Waals surface area contributed by atoms with Gasteiger partial charge in [-0.2, -0.15) is 0 Å². The topological polar surface area (TPSA) is 91.3 Å². The van der Waals surface area contributed by atoms with E-state index >= 15 is 0 Å². The summed E-state index contributed by atoms with van der Waals surface area (Å²) in [6.45, 7) is 6.30. The predicted molar refractivity (Wildman–Crippen MR) is 115 cm³/mol. The van der Waals surface area contributed by atoms with Crippen LogP contribution in [0.2, 0.25) is 0 Å². The number of nitrogens with zero attached hydrogens (tertiary/aromatic N) is 1. The molecule has 31 heavy (non-hydrogen) atoms. The number of aliphatic imine (C=N–C) groups is 1. The number of rotatable bonds is 6. The minimum atomic E-state index is -0.718. The molecule has 1 aliphatic carbocycles. The monoisotopic (exact) mass is 427 g/mol. The summed E-state index contributed by atoms with van der Waals surface area (Å²) in [4.78, 5) is 42.8. The van der Waals surface area contributed by atoms with Gasteiger partial charge in [0.2, 0.25) is 0 Å². The van der Waals surface area contributed by atoms with Crippen LogP contribution in [0.1, 0.15) is 55.5 Å². The van der Waals surface area contributed by atoms with E-state index in [2.05, 4.69) is 4.99 Å². The first-order chi connectivity index (χ1) is 14.7. The molecule has 1 aliphatic heterocycles. The van der Waals surface area contributed by atoms with E-state index < -0.39 is 23.8 Å². The third-order valence-electron chi connectivity index (χ3n) is 5.78. The molecule has 166 valence electrons. The maximum absolute atomic E-state index is 13.2. The molecular formula is C24H29NO6. The van der Waals surface area contributed by atoms with Crippen molar-refractivity contribution < 1.29 is 28.6 Å². The van der Waals surface area contributed by atoms with Crippen molar-refractivity contribution in [2.45, 2.75) is 39.5 Å². The second kappa shape index (κ2) is 9.14. The van der Waals surface area contributed by atoms with Crippen LogP contribution in [0.25, 0.3) is 0 Å². The Balaban J connectivity index is 2.06. The fourth-order valence-corrected chi connectivity index (χ4v) is 4.37. The van der Waals surface area contributed by atoms with Crippen LogP contribution in [0.15, 0.2) is 40.5 Å². The van der Waals surface area contributed by atoms with Gasteiger partial charge in [0.1, 0.15) is 12.5 Å². The number of carbonyl (C=O) groups excluding carboxylic acids is 3. The van der Waals surface area contributed by atoms with Gasteiger partial charge in [0.25, 0.3) is 0 Å². The number of allylic oxidation sites excluding steroid dienone is 2. The lowest BCUT2D eigenvalue weighted by atomic mass is 9.67. The number of hydrogen-bond donors (Lipinski definition) is 0. The van der Waals surface area contributed by atoms with Crippen LogP contribution in [0.5, 0.6) is 0 Å². The average molecular weight is 427 g/mol. The lowest BCUT2D eigenvalue weighted by molar-refractivity contribution is -0.147.